The lowest BCUT2D eigenvalue weighted by molar-refractivity contribution is 0.359. The molecule has 3 aromatic rings. The second-order valence-corrected chi connectivity index (χ2v) is 4.39. The van der Waals surface area contributed by atoms with Gasteiger partial charge in [-0.2, -0.15) is 5.10 Å². The molecule has 0 amide bonds. The number of halogens is 2. The van der Waals surface area contributed by atoms with E-state index < -0.39 is 17.4 Å². The molecule has 8 heteroatoms. The molecule has 0 fully saturated rings. The van der Waals surface area contributed by atoms with Gasteiger partial charge in [-0.05, 0) is 17.7 Å². The van der Waals surface area contributed by atoms with E-state index >= 15 is 0 Å². The van der Waals surface area contributed by atoms with Crippen molar-refractivity contribution >= 4 is 16.9 Å². The van der Waals surface area contributed by atoms with Crippen LogP contribution in [0.5, 0.6) is 5.75 Å². The van der Waals surface area contributed by atoms with Gasteiger partial charge in [0.1, 0.15) is 12.1 Å². The van der Waals surface area contributed by atoms with Crippen molar-refractivity contribution in [2.75, 3.05) is 12.8 Å². The van der Waals surface area contributed by atoms with Crippen LogP contribution in [0.2, 0.25) is 0 Å². The quantitative estimate of drug-likeness (QED) is 0.795. The van der Waals surface area contributed by atoms with Crippen molar-refractivity contribution in [2.24, 2.45) is 0 Å². The van der Waals surface area contributed by atoms with E-state index in [-0.39, 0.29) is 6.54 Å². The standard InChI is InChI=1S/C13H11F2N5O/c1-21-11-9(14)2-7(3-10(11)15)5-20-13-8(4-19-20)12(16)17-6-18-13/h2-4,6H,5H2,1H3,(H2,16,17,18). The summed E-state index contributed by atoms with van der Waals surface area (Å²) in [5, 5.41) is 4.70. The highest BCUT2D eigenvalue weighted by Crippen LogP contribution is 2.24. The fraction of sp³-hybridized carbons (Fsp3) is 0.154. The lowest BCUT2D eigenvalue weighted by atomic mass is 10.2. The van der Waals surface area contributed by atoms with Gasteiger partial charge in [0.25, 0.3) is 0 Å². The van der Waals surface area contributed by atoms with Crippen molar-refractivity contribution in [3.05, 3.63) is 41.9 Å². The van der Waals surface area contributed by atoms with Crippen LogP contribution in [-0.4, -0.2) is 26.9 Å². The van der Waals surface area contributed by atoms with Gasteiger partial charge in [-0.25, -0.2) is 23.4 Å². The Balaban J connectivity index is 2.01. The summed E-state index contributed by atoms with van der Waals surface area (Å²) in [7, 11) is 1.21. The maximum absolute atomic E-state index is 13.7. The Kier molecular flexibility index (Phi) is 3.13. The molecule has 6 nitrogen and oxygen atoms in total. The highest BCUT2D eigenvalue weighted by Gasteiger charge is 2.13. The molecular formula is C13H11F2N5O. The monoisotopic (exact) mass is 291 g/mol. The number of aromatic nitrogens is 4. The summed E-state index contributed by atoms with van der Waals surface area (Å²) in [6.45, 7) is 0.151. The molecule has 0 bridgehead atoms. The average Bonchev–Trinajstić information content (AvgIpc) is 2.83. The van der Waals surface area contributed by atoms with Crippen LogP contribution in [-0.2, 0) is 6.54 Å². The molecule has 2 aromatic heterocycles. The van der Waals surface area contributed by atoms with Crippen molar-refractivity contribution in [3.8, 4) is 5.75 Å². The maximum Gasteiger partial charge on any atom is 0.190 e. The molecule has 1 aromatic carbocycles. The van der Waals surface area contributed by atoms with Crippen molar-refractivity contribution in [1.29, 1.82) is 0 Å². The van der Waals surface area contributed by atoms with Gasteiger partial charge in [-0.1, -0.05) is 0 Å². The Morgan fingerprint density at radius 2 is 1.95 bits per heavy atom. The fourth-order valence-electron chi connectivity index (χ4n) is 2.10. The highest BCUT2D eigenvalue weighted by molar-refractivity contribution is 5.84. The number of rotatable bonds is 3. The second kappa shape index (κ2) is 4.97. The Morgan fingerprint density at radius 1 is 1.24 bits per heavy atom. The summed E-state index contributed by atoms with van der Waals surface area (Å²) in [5.41, 5.74) is 6.60. The first-order chi connectivity index (χ1) is 10.1. The van der Waals surface area contributed by atoms with E-state index in [4.69, 9.17) is 5.73 Å². The Morgan fingerprint density at radius 3 is 2.62 bits per heavy atom. The molecule has 0 spiro atoms. The van der Waals surface area contributed by atoms with Gasteiger partial charge in [0.15, 0.2) is 23.0 Å². The van der Waals surface area contributed by atoms with Crippen LogP contribution >= 0.6 is 0 Å². The molecule has 0 unspecified atom stereocenters. The molecule has 0 aliphatic rings. The van der Waals surface area contributed by atoms with E-state index in [0.29, 0.717) is 22.4 Å². The number of methoxy groups -OCH3 is 1. The molecular weight excluding hydrogens is 280 g/mol. The van der Waals surface area contributed by atoms with Crippen LogP contribution in [0.25, 0.3) is 11.0 Å². The predicted octanol–water partition coefficient (Wildman–Crippen LogP) is 1.74. The fourth-order valence-corrected chi connectivity index (χ4v) is 2.10. The van der Waals surface area contributed by atoms with E-state index in [1.165, 1.54) is 36.4 Å². The van der Waals surface area contributed by atoms with Gasteiger partial charge < -0.3 is 10.5 Å². The molecule has 108 valence electrons. The third-order valence-corrected chi connectivity index (χ3v) is 3.06. The molecule has 21 heavy (non-hydrogen) atoms. The number of benzene rings is 1. The van der Waals surface area contributed by atoms with Crippen LogP contribution in [0.3, 0.4) is 0 Å². The lowest BCUT2D eigenvalue weighted by Gasteiger charge is -2.07. The van der Waals surface area contributed by atoms with Gasteiger partial charge >= 0.3 is 0 Å². The Labute approximate surface area is 118 Å². The largest absolute Gasteiger partial charge is 0.491 e. The van der Waals surface area contributed by atoms with E-state index in [1.807, 2.05) is 0 Å². The topological polar surface area (TPSA) is 78.9 Å². The third kappa shape index (κ3) is 2.24. The van der Waals surface area contributed by atoms with Crippen LogP contribution in [0.15, 0.2) is 24.7 Å². The van der Waals surface area contributed by atoms with Crippen molar-refractivity contribution in [3.63, 3.8) is 0 Å². The zero-order valence-electron chi connectivity index (χ0n) is 11.0. The second-order valence-electron chi connectivity index (χ2n) is 4.39. The number of hydrogen-bond donors (Lipinski definition) is 1. The van der Waals surface area contributed by atoms with E-state index in [1.54, 1.807) is 0 Å². The molecule has 3 rings (SSSR count). The highest BCUT2D eigenvalue weighted by atomic mass is 19.1. The SMILES string of the molecule is COc1c(F)cc(Cn2ncc3c(N)ncnc32)cc1F. The Bertz CT molecular complexity index is 794. The summed E-state index contributed by atoms with van der Waals surface area (Å²) >= 11 is 0. The normalized spacial score (nSPS) is 11.0. The lowest BCUT2D eigenvalue weighted by Crippen LogP contribution is -2.05. The number of hydrogen-bond acceptors (Lipinski definition) is 5. The Hall–Kier alpha value is -2.77. The summed E-state index contributed by atoms with van der Waals surface area (Å²) in [6, 6.07) is 2.39. The molecule has 0 saturated heterocycles. The molecule has 0 saturated carbocycles. The van der Waals surface area contributed by atoms with Gasteiger partial charge in [-0.3, -0.25) is 0 Å². The van der Waals surface area contributed by atoms with Crippen LogP contribution in [0.1, 0.15) is 5.56 Å². The first kappa shape index (κ1) is 13.2. The average molecular weight is 291 g/mol. The zero-order chi connectivity index (χ0) is 15.0. The van der Waals surface area contributed by atoms with Crippen LogP contribution in [0.4, 0.5) is 14.6 Å². The number of anilines is 1. The van der Waals surface area contributed by atoms with Gasteiger partial charge in [0.05, 0.1) is 25.2 Å². The number of ether oxygens (including phenoxy) is 1. The minimum absolute atomic E-state index is 0.151. The van der Waals surface area contributed by atoms with Crippen molar-refractivity contribution in [1.82, 2.24) is 19.7 Å². The van der Waals surface area contributed by atoms with Crippen molar-refractivity contribution in [2.45, 2.75) is 6.54 Å². The molecule has 0 aliphatic carbocycles. The molecule has 2 heterocycles. The summed E-state index contributed by atoms with van der Waals surface area (Å²) in [6.07, 6.45) is 2.83. The third-order valence-electron chi connectivity index (χ3n) is 3.06. The number of fused-ring (bicyclic) bond motifs is 1. The van der Waals surface area contributed by atoms with E-state index in [9.17, 15) is 8.78 Å². The number of nitrogens with zero attached hydrogens (tertiary/aromatic N) is 4. The number of nitrogens with two attached hydrogens (primary N) is 1. The van der Waals surface area contributed by atoms with Crippen LogP contribution < -0.4 is 10.5 Å². The molecule has 0 atom stereocenters. The van der Waals surface area contributed by atoms with Gasteiger partial charge in [-0.15, -0.1) is 0 Å². The minimum Gasteiger partial charge on any atom is -0.491 e. The van der Waals surface area contributed by atoms with Gasteiger partial charge in [0, 0.05) is 0 Å². The maximum atomic E-state index is 13.7. The summed E-state index contributed by atoms with van der Waals surface area (Å²) < 4.78 is 33.5. The minimum atomic E-state index is -0.766. The first-order valence-corrected chi connectivity index (χ1v) is 6.04. The van der Waals surface area contributed by atoms with Crippen molar-refractivity contribution < 1.29 is 13.5 Å². The summed E-state index contributed by atoms with van der Waals surface area (Å²) in [5.74, 6) is -1.63. The molecule has 0 aliphatic heterocycles. The first-order valence-electron chi connectivity index (χ1n) is 6.04. The zero-order valence-corrected chi connectivity index (χ0v) is 11.0. The van der Waals surface area contributed by atoms with Gasteiger partial charge in [0.2, 0.25) is 0 Å². The summed E-state index contributed by atoms with van der Waals surface area (Å²) in [4.78, 5) is 7.93. The smallest absolute Gasteiger partial charge is 0.190 e. The predicted molar refractivity (Wildman–Crippen MR) is 71.7 cm³/mol. The number of nitrogen functional groups attached to an aromatic ring is 1. The molecule has 0 radical (unpaired) electrons. The van der Waals surface area contributed by atoms with E-state index in [0.717, 1.165) is 0 Å². The van der Waals surface area contributed by atoms with Crippen LogP contribution in [0, 0.1) is 11.6 Å². The molecule has 2 N–H and O–H groups in total. The van der Waals surface area contributed by atoms with E-state index in [2.05, 4.69) is 19.8 Å².